The third-order valence-electron chi connectivity index (χ3n) is 5.72. The molecule has 0 bridgehead atoms. The molecule has 1 atom stereocenters. The molecule has 0 spiro atoms. The van der Waals surface area contributed by atoms with Gasteiger partial charge in [0.25, 0.3) is 0 Å². The highest BCUT2D eigenvalue weighted by molar-refractivity contribution is 5.62. The molecule has 2 aromatic rings. The molecule has 2 aliphatic heterocycles. The Labute approximate surface area is 157 Å². The van der Waals surface area contributed by atoms with Crippen molar-refractivity contribution in [3.63, 3.8) is 0 Å². The first-order valence-corrected chi connectivity index (χ1v) is 9.78. The number of nitrogens with zero attached hydrogens (tertiary/aromatic N) is 2. The SMILES string of the molecule is Cc1cccc2c1NC(CNCc1ccccc1N1CCN(C)CC1)C2. The van der Waals surface area contributed by atoms with Crippen LogP contribution in [0.25, 0.3) is 0 Å². The summed E-state index contributed by atoms with van der Waals surface area (Å²) >= 11 is 0. The molecule has 2 N–H and O–H groups in total. The molecule has 2 heterocycles. The van der Waals surface area contributed by atoms with Gasteiger partial charge in [-0.15, -0.1) is 0 Å². The van der Waals surface area contributed by atoms with E-state index in [1.165, 1.54) is 28.1 Å². The van der Waals surface area contributed by atoms with Gasteiger partial charge >= 0.3 is 0 Å². The van der Waals surface area contributed by atoms with Gasteiger partial charge in [-0.05, 0) is 43.1 Å². The van der Waals surface area contributed by atoms with Crippen LogP contribution in [0, 0.1) is 6.92 Å². The Bertz CT molecular complexity index is 750. The molecule has 0 saturated carbocycles. The lowest BCUT2D eigenvalue weighted by Crippen LogP contribution is -2.45. The largest absolute Gasteiger partial charge is 0.380 e. The van der Waals surface area contributed by atoms with Crippen LogP contribution in [-0.4, -0.2) is 50.7 Å². The van der Waals surface area contributed by atoms with Crippen LogP contribution < -0.4 is 15.5 Å². The van der Waals surface area contributed by atoms with Gasteiger partial charge in [0.15, 0.2) is 0 Å². The number of benzene rings is 2. The van der Waals surface area contributed by atoms with E-state index in [2.05, 4.69) is 76.9 Å². The Balaban J connectivity index is 1.34. The predicted octanol–water partition coefficient (Wildman–Crippen LogP) is 2.87. The van der Waals surface area contributed by atoms with Crippen molar-refractivity contribution in [1.29, 1.82) is 0 Å². The molecule has 0 amide bonds. The molecular weight excluding hydrogens is 320 g/mol. The number of hydrogen-bond donors (Lipinski definition) is 2. The van der Waals surface area contributed by atoms with Gasteiger partial charge in [-0.2, -0.15) is 0 Å². The van der Waals surface area contributed by atoms with Crippen molar-refractivity contribution in [3.8, 4) is 0 Å². The summed E-state index contributed by atoms with van der Waals surface area (Å²) in [6.45, 7) is 8.63. The van der Waals surface area contributed by atoms with Crippen LogP contribution >= 0.6 is 0 Å². The van der Waals surface area contributed by atoms with Gasteiger partial charge in [-0.3, -0.25) is 0 Å². The molecular formula is C22H30N4. The first-order chi connectivity index (χ1) is 12.7. The van der Waals surface area contributed by atoms with Crippen molar-refractivity contribution in [2.45, 2.75) is 25.9 Å². The first kappa shape index (κ1) is 17.4. The number of piperazine rings is 1. The zero-order chi connectivity index (χ0) is 17.9. The van der Waals surface area contributed by atoms with E-state index in [0.29, 0.717) is 6.04 Å². The highest BCUT2D eigenvalue weighted by Crippen LogP contribution is 2.29. The smallest absolute Gasteiger partial charge is 0.0427 e. The van der Waals surface area contributed by atoms with Gasteiger partial charge in [0, 0.05) is 56.7 Å². The number of rotatable bonds is 5. The summed E-state index contributed by atoms with van der Waals surface area (Å²) in [6.07, 6.45) is 1.12. The number of hydrogen-bond acceptors (Lipinski definition) is 4. The van der Waals surface area contributed by atoms with Gasteiger partial charge in [0.1, 0.15) is 0 Å². The van der Waals surface area contributed by atoms with E-state index in [-0.39, 0.29) is 0 Å². The van der Waals surface area contributed by atoms with Crippen LogP contribution in [0.1, 0.15) is 16.7 Å². The fraction of sp³-hybridized carbons (Fsp3) is 0.455. The molecule has 4 rings (SSSR count). The Morgan fingerprint density at radius 1 is 1.04 bits per heavy atom. The van der Waals surface area contributed by atoms with E-state index < -0.39 is 0 Å². The second-order valence-electron chi connectivity index (χ2n) is 7.70. The predicted molar refractivity (Wildman–Crippen MR) is 110 cm³/mol. The Hall–Kier alpha value is -2.04. The first-order valence-electron chi connectivity index (χ1n) is 9.78. The quantitative estimate of drug-likeness (QED) is 0.868. The minimum absolute atomic E-state index is 0.488. The van der Waals surface area contributed by atoms with Gasteiger partial charge in [0.05, 0.1) is 0 Å². The van der Waals surface area contributed by atoms with E-state index in [9.17, 15) is 0 Å². The molecule has 0 aliphatic carbocycles. The molecule has 1 fully saturated rings. The number of likely N-dealkylation sites (N-methyl/N-ethyl adjacent to an activating group) is 1. The topological polar surface area (TPSA) is 30.5 Å². The molecule has 4 heteroatoms. The number of aryl methyl sites for hydroxylation is 1. The second-order valence-corrected chi connectivity index (χ2v) is 7.70. The fourth-order valence-corrected chi connectivity index (χ4v) is 4.15. The average Bonchev–Trinajstić information content (AvgIpc) is 3.07. The maximum Gasteiger partial charge on any atom is 0.0427 e. The summed E-state index contributed by atoms with van der Waals surface area (Å²) in [5.41, 5.74) is 6.95. The van der Waals surface area contributed by atoms with E-state index >= 15 is 0 Å². The Morgan fingerprint density at radius 2 is 1.85 bits per heavy atom. The number of anilines is 2. The van der Waals surface area contributed by atoms with Crippen molar-refractivity contribution in [3.05, 3.63) is 59.2 Å². The van der Waals surface area contributed by atoms with Crippen LogP contribution in [0.4, 0.5) is 11.4 Å². The summed E-state index contributed by atoms with van der Waals surface area (Å²) in [7, 11) is 2.21. The Morgan fingerprint density at radius 3 is 2.65 bits per heavy atom. The number of nitrogens with one attached hydrogen (secondary N) is 2. The van der Waals surface area contributed by atoms with E-state index in [1.807, 2.05) is 0 Å². The summed E-state index contributed by atoms with van der Waals surface area (Å²) < 4.78 is 0. The third kappa shape index (κ3) is 3.71. The van der Waals surface area contributed by atoms with Crippen LogP contribution in [-0.2, 0) is 13.0 Å². The molecule has 2 aliphatic rings. The standard InChI is InChI=1S/C22H30N4/c1-17-6-5-8-18-14-20(24-22(17)18)16-23-15-19-7-3-4-9-21(19)26-12-10-25(2)11-13-26/h3-9,20,23-24H,10-16H2,1-2H3. The lowest BCUT2D eigenvalue weighted by atomic mass is 10.1. The zero-order valence-electron chi connectivity index (χ0n) is 16.0. The maximum absolute atomic E-state index is 3.69. The third-order valence-corrected chi connectivity index (χ3v) is 5.72. The van der Waals surface area contributed by atoms with E-state index in [1.54, 1.807) is 0 Å². The molecule has 26 heavy (non-hydrogen) atoms. The minimum Gasteiger partial charge on any atom is -0.380 e. The van der Waals surface area contributed by atoms with Crippen molar-refractivity contribution in [2.24, 2.45) is 0 Å². The molecule has 138 valence electrons. The maximum atomic E-state index is 3.69. The van der Waals surface area contributed by atoms with Crippen molar-refractivity contribution < 1.29 is 0 Å². The average molecular weight is 351 g/mol. The Kier molecular flexibility index (Phi) is 5.14. The molecule has 1 unspecified atom stereocenters. The number of para-hydroxylation sites is 2. The highest BCUT2D eigenvalue weighted by Gasteiger charge is 2.21. The monoisotopic (exact) mass is 350 g/mol. The number of fused-ring (bicyclic) bond motifs is 1. The van der Waals surface area contributed by atoms with Crippen molar-refractivity contribution >= 4 is 11.4 Å². The van der Waals surface area contributed by atoms with Crippen LogP contribution in [0.5, 0.6) is 0 Å². The van der Waals surface area contributed by atoms with Gasteiger partial charge < -0.3 is 20.4 Å². The van der Waals surface area contributed by atoms with E-state index in [4.69, 9.17) is 0 Å². The molecule has 4 nitrogen and oxygen atoms in total. The van der Waals surface area contributed by atoms with Crippen molar-refractivity contribution in [2.75, 3.05) is 50.0 Å². The molecule has 0 aromatic heterocycles. The lowest BCUT2D eigenvalue weighted by Gasteiger charge is -2.35. The fourth-order valence-electron chi connectivity index (χ4n) is 4.15. The van der Waals surface area contributed by atoms with E-state index in [0.717, 1.165) is 45.7 Å². The van der Waals surface area contributed by atoms with Gasteiger partial charge in [-0.25, -0.2) is 0 Å². The van der Waals surface area contributed by atoms with Crippen LogP contribution in [0.3, 0.4) is 0 Å². The summed E-state index contributed by atoms with van der Waals surface area (Å²) in [5, 5.41) is 7.38. The van der Waals surface area contributed by atoms with Crippen LogP contribution in [0.2, 0.25) is 0 Å². The normalized spacial score (nSPS) is 20.1. The highest BCUT2D eigenvalue weighted by atomic mass is 15.2. The summed E-state index contributed by atoms with van der Waals surface area (Å²) in [4.78, 5) is 4.94. The molecule has 2 aromatic carbocycles. The lowest BCUT2D eigenvalue weighted by molar-refractivity contribution is 0.312. The van der Waals surface area contributed by atoms with Crippen LogP contribution in [0.15, 0.2) is 42.5 Å². The van der Waals surface area contributed by atoms with Gasteiger partial charge in [0.2, 0.25) is 0 Å². The zero-order valence-corrected chi connectivity index (χ0v) is 16.0. The minimum atomic E-state index is 0.488. The van der Waals surface area contributed by atoms with Gasteiger partial charge in [-0.1, -0.05) is 36.4 Å². The second kappa shape index (κ2) is 7.68. The summed E-state index contributed by atoms with van der Waals surface area (Å²) in [5.74, 6) is 0. The van der Waals surface area contributed by atoms with Crippen molar-refractivity contribution in [1.82, 2.24) is 10.2 Å². The molecule has 1 saturated heterocycles. The molecule has 0 radical (unpaired) electrons. The summed E-state index contributed by atoms with van der Waals surface area (Å²) in [6, 6.07) is 15.9.